The van der Waals surface area contributed by atoms with Crippen LogP contribution in [0, 0.1) is 16.7 Å². The molecule has 126 valence electrons. The highest BCUT2D eigenvalue weighted by Gasteiger charge is 2.63. The Morgan fingerprint density at radius 3 is 2.65 bits per heavy atom. The molecule has 2 heterocycles. The number of hydrogen-bond donors (Lipinski definition) is 1. The van der Waals surface area contributed by atoms with Crippen molar-refractivity contribution >= 4 is 5.91 Å². The van der Waals surface area contributed by atoms with Crippen molar-refractivity contribution in [3.8, 4) is 0 Å². The highest BCUT2D eigenvalue weighted by molar-refractivity contribution is 5.92. The van der Waals surface area contributed by atoms with E-state index in [1.165, 1.54) is 12.4 Å². The Kier molecular flexibility index (Phi) is 3.92. The van der Waals surface area contributed by atoms with E-state index < -0.39 is 0 Å². The topological polar surface area (TPSA) is 69.6 Å². The Bertz CT molecular complexity index is 595. The van der Waals surface area contributed by atoms with Gasteiger partial charge in [0.05, 0.1) is 24.7 Å². The van der Waals surface area contributed by atoms with Crippen LogP contribution in [0.25, 0.3) is 0 Å². The van der Waals surface area contributed by atoms with Crippen LogP contribution in [0.4, 0.5) is 0 Å². The van der Waals surface area contributed by atoms with E-state index in [4.69, 9.17) is 5.11 Å². The third-order valence-electron chi connectivity index (χ3n) is 5.40. The molecular formula is C17H26N4O2. The van der Waals surface area contributed by atoms with Gasteiger partial charge < -0.3 is 14.9 Å². The molecule has 2 aliphatic rings. The molecule has 1 aromatic rings. The molecule has 1 aliphatic heterocycles. The molecule has 2 fully saturated rings. The maximum atomic E-state index is 12.8. The fraction of sp³-hybridized carbons (Fsp3) is 0.706. The van der Waals surface area contributed by atoms with Gasteiger partial charge in [-0.25, -0.2) is 4.98 Å². The highest BCUT2D eigenvalue weighted by Crippen LogP contribution is 2.62. The zero-order chi connectivity index (χ0) is 16.8. The highest BCUT2D eigenvalue weighted by atomic mass is 16.3. The molecule has 1 N–H and O–H groups in total. The SMILES string of the molecule is CN(C)C[C@@]12CN(C(=O)c3cnc(CO)cn3)C[C@@H]1C(C)(C)C2. The minimum atomic E-state index is -0.159. The van der Waals surface area contributed by atoms with Crippen LogP contribution >= 0.6 is 0 Å². The van der Waals surface area contributed by atoms with Crippen molar-refractivity contribution in [3.63, 3.8) is 0 Å². The number of likely N-dealkylation sites (tertiary alicyclic amines) is 1. The van der Waals surface area contributed by atoms with E-state index >= 15 is 0 Å². The van der Waals surface area contributed by atoms with Gasteiger partial charge in [-0.3, -0.25) is 9.78 Å². The lowest BCUT2D eigenvalue weighted by atomic mass is 9.48. The van der Waals surface area contributed by atoms with Crippen LogP contribution in [0.2, 0.25) is 0 Å². The lowest BCUT2D eigenvalue weighted by Gasteiger charge is -2.57. The summed E-state index contributed by atoms with van der Waals surface area (Å²) in [5, 5.41) is 9.03. The van der Waals surface area contributed by atoms with Gasteiger partial charge >= 0.3 is 0 Å². The zero-order valence-electron chi connectivity index (χ0n) is 14.4. The fourth-order valence-corrected chi connectivity index (χ4v) is 4.83. The smallest absolute Gasteiger partial charge is 0.274 e. The number of aliphatic hydroxyl groups excluding tert-OH is 1. The average Bonchev–Trinajstić information content (AvgIpc) is 2.80. The minimum Gasteiger partial charge on any atom is -0.390 e. The van der Waals surface area contributed by atoms with Crippen molar-refractivity contribution in [1.29, 1.82) is 0 Å². The molecule has 6 heteroatoms. The summed E-state index contributed by atoms with van der Waals surface area (Å²) in [6.07, 6.45) is 4.09. The Balaban J connectivity index is 1.78. The monoisotopic (exact) mass is 318 g/mol. The molecule has 0 bridgehead atoms. The number of fused-ring (bicyclic) bond motifs is 1. The zero-order valence-corrected chi connectivity index (χ0v) is 14.4. The van der Waals surface area contributed by atoms with E-state index in [0.29, 0.717) is 17.3 Å². The van der Waals surface area contributed by atoms with Gasteiger partial charge in [-0.05, 0) is 31.8 Å². The molecule has 2 atom stereocenters. The van der Waals surface area contributed by atoms with E-state index in [0.717, 1.165) is 26.1 Å². The molecule has 3 rings (SSSR count). The molecule has 1 saturated carbocycles. The summed E-state index contributed by atoms with van der Waals surface area (Å²) in [4.78, 5) is 25.1. The summed E-state index contributed by atoms with van der Waals surface area (Å²) in [5.41, 5.74) is 1.34. The minimum absolute atomic E-state index is 0.0506. The number of amides is 1. The second kappa shape index (κ2) is 5.53. The second-order valence-electron chi connectivity index (χ2n) is 8.05. The van der Waals surface area contributed by atoms with Gasteiger partial charge in [0.25, 0.3) is 5.91 Å². The second-order valence-corrected chi connectivity index (χ2v) is 8.05. The van der Waals surface area contributed by atoms with Crippen LogP contribution in [0.3, 0.4) is 0 Å². The molecule has 1 amide bonds. The summed E-state index contributed by atoms with van der Waals surface area (Å²) in [7, 11) is 4.20. The lowest BCUT2D eigenvalue weighted by molar-refractivity contribution is -0.0789. The Morgan fingerprint density at radius 1 is 1.39 bits per heavy atom. The van der Waals surface area contributed by atoms with E-state index in [2.05, 4.69) is 42.8 Å². The van der Waals surface area contributed by atoms with Crippen LogP contribution in [0.5, 0.6) is 0 Å². The molecule has 0 radical (unpaired) electrons. The van der Waals surface area contributed by atoms with Crippen molar-refractivity contribution in [2.45, 2.75) is 26.9 Å². The number of rotatable bonds is 4. The predicted octanol–water partition coefficient (Wildman–Crippen LogP) is 1.02. The summed E-state index contributed by atoms with van der Waals surface area (Å²) >= 11 is 0. The number of aliphatic hydroxyl groups is 1. The maximum Gasteiger partial charge on any atom is 0.274 e. The quantitative estimate of drug-likeness (QED) is 0.897. The van der Waals surface area contributed by atoms with Gasteiger partial charge in [0.15, 0.2) is 0 Å². The Hall–Kier alpha value is -1.53. The summed E-state index contributed by atoms with van der Waals surface area (Å²) in [6.45, 7) is 7.04. The van der Waals surface area contributed by atoms with Crippen molar-refractivity contribution in [2.24, 2.45) is 16.7 Å². The summed E-state index contributed by atoms with van der Waals surface area (Å²) in [6, 6.07) is 0. The third-order valence-corrected chi connectivity index (χ3v) is 5.40. The summed E-state index contributed by atoms with van der Waals surface area (Å²) < 4.78 is 0. The molecular weight excluding hydrogens is 292 g/mol. The third kappa shape index (κ3) is 2.74. The van der Waals surface area contributed by atoms with Crippen molar-refractivity contribution in [1.82, 2.24) is 19.8 Å². The van der Waals surface area contributed by atoms with Crippen LogP contribution in [-0.4, -0.2) is 64.5 Å². The number of carbonyl (C=O) groups excluding carboxylic acids is 1. The molecule has 23 heavy (non-hydrogen) atoms. The first-order valence-electron chi connectivity index (χ1n) is 8.13. The van der Waals surface area contributed by atoms with Gasteiger partial charge in [0.1, 0.15) is 5.69 Å². The van der Waals surface area contributed by atoms with Gasteiger partial charge in [-0.2, -0.15) is 0 Å². The van der Waals surface area contributed by atoms with Gasteiger partial charge in [0, 0.05) is 25.0 Å². The molecule has 0 unspecified atom stereocenters. The van der Waals surface area contributed by atoms with Gasteiger partial charge in [0.2, 0.25) is 0 Å². The molecule has 1 aliphatic carbocycles. The van der Waals surface area contributed by atoms with Crippen LogP contribution in [0.15, 0.2) is 12.4 Å². The lowest BCUT2D eigenvalue weighted by Crippen LogP contribution is -2.57. The first kappa shape index (κ1) is 16.3. The molecule has 0 spiro atoms. The summed E-state index contributed by atoms with van der Waals surface area (Å²) in [5.74, 6) is 0.483. The van der Waals surface area contributed by atoms with Crippen molar-refractivity contribution in [3.05, 3.63) is 23.8 Å². The van der Waals surface area contributed by atoms with Crippen LogP contribution in [-0.2, 0) is 6.61 Å². The fourth-order valence-electron chi connectivity index (χ4n) is 4.83. The standard InChI is InChI=1S/C17H26N4O2/c1-16(2)9-17(10-20(3)4)11-21(7-14(16)17)15(23)13-6-18-12(8-22)5-19-13/h5-6,14,22H,7-11H2,1-4H3/t14-,17+/m1/s1. The average molecular weight is 318 g/mol. The van der Waals surface area contributed by atoms with Crippen molar-refractivity contribution in [2.75, 3.05) is 33.7 Å². The van der Waals surface area contributed by atoms with Crippen LogP contribution in [0.1, 0.15) is 36.5 Å². The number of nitrogens with zero attached hydrogens (tertiary/aromatic N) is 4. The van der Waals surface area contributed by atoms with Crippen molar-refractivity contribution < 1.29 is 9.90 Å². The van der Waals surface area contributed by atoms with Crippen LogP contribution < -0.4 is 0 Å². The Labute approximate surface area is 137 Å². The molecule has 6 nitrogen and oxygen atoms in total. The van der Waals surface area contributed by atoms with E-state index in [9.17, 15) is 4.79 Å². The van der Waals surface area contributed by atoms with Gasteiger partial charge in [-0.15, -0.1) is 0 Å². The number of aromatic nitrogens is 2. The van der Waals surface area contributed by atoms with E-state index in [1.54, 1.807) is 0 Å². The van der Waals surface area contributed by atoms with Gasteiger partial charge in [-0.1, -0.05) is 13.8 Å². The molecule has 0 aromatic carbocycles. The largest absolute Gasteiger partial charge is 0.390 e. The number of hydrogen-bond acceptors (Lipinski definition) is 5. The maximum absolute atomic E-state index is 12.8. The molecule has 1 saturated heterocycles. The molecule has 1 aromatic heterocycles. The predicted molar refractivity (Wildman–Crippen MR) is 86.7 cm³/mol. The van der Waals surface area contributed by atoms with E-state index in [-0.39, 0.29) is 23.3 Å². The first-order chi connectivity index (χ1) is 10.8. The van der Waals surface area contributed by atoms with E-state index in [1.807, 2.05) is 4.90 Å². The normalized spacial score (nSPS) is 28.6. The first-order valence-corrected chi connectivity index (χ1v) is 8.13. The Morgan fingerprint density at radius 2 is 2.13 bits per heavy atom. The number of carbonyl (C=O) groups is 1.